The minimum atomic E-state index is -0.289. The van der Waals surface area contributed by atoms with E-state index in [9.17, 15) is 0 Å². The Bertz CT molecular complexity index is 1280. The third kappa shape index (κ3) is 3.05. The van der Waals surface area contributed by atoms with Crippen molar-refractivity contribution in [2.45, 2.75) is 0 Å². The molecule has 7 heteroatoms. The fraction of sp³-hybridized carbons (Fsp3) is 0.0952. The van der Waals surface area contributed by atoms with Gasteiger partial charge in [-0.2, -0.15) is 5.10 Å². The van der Waals surface area contributed by atoms with E-state index in [0.717, 1.165) is 33.4 Å². The normalized spacial score (nSPS) is 11.5. The Hall–Kier alpha value is -2.82. The lowest BCUT2D eigenvalue weighted by Crippen LogP contribution is -2.05. The second-order valence-corrected chi connectivity index (χ2v) is 9.94. The molecule has 0 fully saturated rings. The van der Waals surface area contributed by atoms with Gasteiger partial charge in [0.05, 0.1) is 27.4 Å². The molecule has 3 aromatic heterocycles. The lowest BCUT2D eigenvalue weighted by molar-refractivity contribution is 1.09. The number of thiazole rings is 1. The van der Waals surface area contributed by atoms with Crippen molar-refractivity contribution >= 4 is 57.1 Å². The first-order valence-corrected chi connectivity index (χ1v) is 12.0. The molecule has 2 N–H and O–H groups in total. The summed E-state index contributed by atoms with van der Waals surface area (Å²) in [6.45, 7) is 4.56. The molecule has 0 aliphatic heterocycles. The van der Waals surface area contributed by atoms with E-state index < -0.39 is 0 Å². The van der Waals surface area contributed by atoms with Crippen LogP contribution in [-0.2, 0) is 0 Å². The van der Waals surface area contributed by atoms with Crippen LogP contribution in [-0.4, -0.2) is 33.5 Å². The quantitative estimate of drug-likeness (QED) is 0.397. The van der Waals surface area contributed by atoms with Crippen molar-refractivity contribution in [2.75, 3.05) is 18.6 Å². The maximum atomic E-state index is 4.62. The number of anilines is 2. The monoisotopic (exact) mass is 403 g/mol. The van der Waals surface area contributed by atoms with Gasteiger partial charge in [0.15, 0.2) is 0 Å². The van der Waals surface area contributed by atoms with Gasteiger partial charge in [-0.1, -0.05) is 7.92 Å². The van der Waals surface area contributed by atoms with Crippen LogP contribution in [0, 0.1) is 0 Å². The van der Waals surface area contributed by atoms with Gasteiger partial charge >= 0.3 is 0 Å². The van der Waals surface area contributed by atoms with Crippen LogP contribution in [0.4, 0.5) is 11.4 Å². The molecule has 0 unspecified atom stereocenters. The Labute approximate surface area is 167 Å². The van der Waals surface area contributed by atoms with Crippen molar-refractivity contribution < 1.29 is 0 Å². The summed E-state index contributed by atoms with van der Waals surface area (Å²) in [5, 5.41) is 13.1. The molecule has 28 heavy (non-hydrogen) atoms. The zero-order chi connectivity index (χ0) is 19.1. The molecule has 5 aromatic rings. The fourth-order valence-corrected chi connectivity index (χ4v) is 5.10. The Kier molecular flexibility index (Phi) is 4.30. The van der Waals surface area contributed by atoms with Gasteiger partial charge in [-0.15, -0.1) is 11.3 Å². The van der Waals surface area contributed by atoms with Crippen molar-refractivity contribution in [2.24, 2.45) is 0 Å². The van der Waals surface area contributed by atoms with E-state index >= 15 is 0 Å². The SMILES string of the molecule is CP(C)c1cc2c(Nc3ccc4scnc4c3)ccnc2cc1-c1cn[nH]c1. The molecule has 138 valence electrons. The maximum absolute atomic E-state index is 4.62. The minimum absolute atomic E-state index is 0.289. The number of benzene rings is 2. The molecule has 0 spiro atoms. The van der Waals surface area contributed by atoms with Crippen LogP contribution in [0.5, 0.6) is 0 Å². The number of hydrogen-bond donors (Lipinski definition) is 2. The first kappa shape index (κ1) is 17.3. The van der Waals surface area contributed by atoms with E-state index in [0.29, 0.717) is 0 Å². The predicted molar refractivity (Wildman–Crippen MR) is 121 cm³/mol. The van der Waals surface area contributed by atoms with E-state index in [1.807, 2.05) is 30.2 Å². The Morgan fingerprint density at radius 2 is 1.96 bits per heavy atom. The zero-order valence-corrected chi connectivity index (χ0v) is 17.2. The van der Waals surface area contributed by atoms with Crippen molar-refractivity contribution in [3.05, 3.63) is 60.5 Å². The molecule has 0 bridgehead atoms. The summed E-state index contributed by atoms with van der Waals surface area (Å²) >= 11 is 1.66. The fourth-order valence-electron chi connectivity index (χ4n) is 3.38. The van der Waals surface area contributed by atoms with Gasteiger partial charge in [-0.3, -0.25) is 10.1 Å². The van der Waals surface area contributed by atoms with Crippen molar-refractivity contribution in [3.8, 4) is 11.1 Å². The highest BCUT2D eigenvalue weighted by molar-refractivity contribution is 7.64. The number of fused-ring (bicyclic) bond motifs is 2. The number of nitrogens with zero attached hydrogens (tertiary/aromatic N) is 3. The lowest BCUT2D eigenvalue weighted by Gasteiger charge is -2.16. The number of aromatic amines is 1. The Morgan fingerprint density at radius 3 is 2.79 bits per heavy atom. The molecule has 0 amide bonds. The number of rotatable bonds is 4. The average molecular weight is 403 g/mol. The summed E-state index contributed by atoms with van der Waals surface area (Å²) in [6, 6.07) is 12.8. The molecule has 0 radical (unpaired) electrons. The Morgan fingerprint density at radius 1 is 1.04 bits per heavy atom. The molecule has 5 nitrogen and oxygen atoms in total. The third-order valence-corrected chi connectivity index (χ3v) is 6.90. The molecular formula is C21H18N5PS. The third-order valence-electron chi connectivity index (χ3n) is 4.76. The summed E-state index contributed by atoms with van der Waals surface area (Å²) in [5.74, 6) is 0. The number of hydrogen-bond acceptors (Lipinski definition) is 5. The van der Waals surface area contributed by atoms with Gasteiger partial charge in [0.2, 0.25) is 0 Å². The Balaban J connectivity index is 1.64. The van der Waals surface area contributed by atoms with Gasteiger partial charge in [0.1, 0.15) is 0 Å². The summed E-state index contributed by atoms with van der Waals surface area (Å²) in [5.41, 5.74) is 8.25. The largest absolute Gasteiger partial charge is 0.355 e. The van der Waals surface area contributed by atoms with Gasteiger partial charge in [-0.05, 0) is 60.6 Å². The number of nitrogens with one attached hydrogen (secondary N) is 2. The van der Waals surface area contributed by atoms with Gasteiger partial charge < -0.3 is 5.32 Å². The van der Waals surface area contributed by atoms with Crippen LogP contribution in [0.15, 0.2) is 60.5 Å². The summed E-state index contributed by atoms with van der Waals surface area (Å²) in [6.07, 6.45) is 5.66. The van der Waals surface area contributed by atoms with E-state index in [2.05, 4.69) is 69.1 Å². The van der Waals surface area contributed by atoms with Gasteiger partial charge in [0.25, 0.3) is 0 Å². The van der Waals surface area contributed by atoms with Crippen LogP contribution in [0.3, 0.4) is 0 Å². The predicted octanol–water partition coefficient (Wildman–Crippen LogP) is 5.35. The first-order valence-electron chi connectivity index (χ1n) is 8.88. The van der Waals surface area contributed by atoms with E-state index in [1.165, 1.54) is 15.6 Å². The highest BCUT2D eigenvalue weighted by atomic mass is 32.1. The molecule has 0 atom stereocenters. The van der Waals surface area contributed by atoms with Crippen LogP contribution in [0.2, 0.25) is 0 Å². The number of H-pyrrole nitrogens is 1. The van der Waals surface area contributed by atoms with E-state index in [-0.39, 0.29) is 7.92 Å². The zero-order valence-electron chi connectivity index (χ0n) is 15.5. The van der Waals surface area contributed by atoms with Gasteiger partial charge in [-0.25, -0.2) is 4.98 Å². The van der Waals surface area contributed by atoms with Crippen molar-refractivity contribution in [3.63, 3.8) is 0 Å². The molecule has 0 aliphatic rings. The van der Waals surface area contributed by atoms with Crippen LogP contribution >= 0.6 is 19.3 Å². The number of pyridine rings is 1. The van der Waals surface area contributed by atoms with Crippen molar-refractivity contribution in [1.82, 2.24) is 20.2 Å². The smallest absolute Gasteiger partial charge is 0.0832 e. The van der Waals surface area contributed by atoms with E-state index in [4.69, 9.17) is 0 Å². The highest BCUT2D eigenvalue weighted by Crippen LogP contribution is 2.35. The van der Waals surface area contributed by atoms with Crippen LogP contribution in [0.1, 0.15) is 0 Å². The molecule has 0 saturated heterocycles. The molecular weight excluding hydrogens is 385 g/mol. The summed E-state index contributed by atoms with van der Waals surface area (Å²) in [4.78, 5) is 9.04. The van der Waals surface area contributed by atoms with Gasteiger partial charge in [0, 0.05) is 34.7 Å². The second kappa shape index (κ2) is 6.97. The topological polar surface area (TPSA) is 66.5 Å². The highest BCUT2D eigenvalue weighted by Gasteiger charge is 2.14. The second-order valence-electron chi connectivity index (χ2n) is 6.79. The van der Waals surface area contributed by atoms with E-state index in [1.54, 1.807) is 11.3 Å². The van der Waals surface area contributed by atoms with Crippen LogP contribution in [0.25, 0.3) is 32.2 Å². The molecule has 2 aromatic carbocycles. The number of aromatic nitrogens is 4. The molecule has 0 saturated carbocycles. The lowest BCUT2D eigenvalue weighted by atomic mass is 10.1. The summed E-state index contributed by atoms with van der Waals surface area (Å²) < 4.78 is 1.19. The van der Waals surface area contributed by atoms with Crippen LogP contribution < -0.4 is 10.6 Å². The molecule has 5 rings (SSSR count). The minimum Gasteiger partial charge on any atom is -0.355 e. The summed E-state index contributed by atoms with van der Waals surface area (Å²) in [7, 11) is -0.289. The maximum Gasteiger partial charge on any atom is 0.0832 e. The van der Waals surface area contributed by atoms with Crippen molar-refractivity contribution in [1.29, 1.82) is 0 Å². The molecule has 0 aliphatic carbocycles. The molecule has 3 heterocycles. The first-order chi connectivity index (χ1) is 13.7. The standard InChI is InChI=1S/C21H18N5PS/c1-27(2)20-9-16-17(26-14-3-4-21-19(7-14)23-12-28-21)5-6-22-18(16)8-15(20)13-10-24-25-11-13/h3-12H,1-2H3,(H,22,26)(H,24,25). The average Bonchev–Trinajstić information content (AvgIpc) is 3.39.